The van der Waals surface area contributed by atoms with E-state index in [0.717, 1.165) is 25.7 Å². The summed E-state index contributed by atoms with van der Waals surface area (Å²) in [5.41, 5.74) is 4.10. The van der Waals surface area contributed by atoms with Gasteiger partial charge in [-0.1, -0.05) is 13.0 Å². The van der Waals surface area contributed by atoms with Crippen molar-refractivity contribution in [3.05, 3.63) is 28.8 Å². The van der Waals surface area contributed by atoms with Crippen molar-refractivity contribution in [3.63, 3.8) is 0 Å². The third-order valence-corrected chi connectivity index (χ3v) is 7.05. The molecule has 0 radical (unpaired) electrons. The van der Waals surface area contributed by atoms with E-state index in [2.05, 4.69) is 19.9 Å². The van der Waals surface area contributed by atoms with Gasteiger partial charge in [0.15, 0.2) is 0 Å². The monoisotopic (exact) mass is 286 g/mol. The summed E-state index contributed by atoms with van der Waals surface area (Å²) in [4.78, 5) is 0. The Bertz CT molecular complexity index is 579. The molecule has 0 bridgehead atoms. The normalized spacial score (nSPS) is 41.3. The number of benzene rings is 1. The van der Waals surface area contributed by atoms with Crippen LogP contribution in [-0.2, 0) is 6.42 Å². The lowest BCUT2D eigenvalue weighted by Gasteiger charge is -2.50. The molecule has 2 N–H and O–H groups in total. The number of aliphatic hydroxyl groups excluding tert-OH is 1. The number of aliphatic hydroxyl groups is 1. The molecule has 4 rings (SSSR count). The van der Waals surface area contributed by atoms with Crippen molar-refractivity contribution in [1.29, 1.82) is 0 Å². The van der Waals surface area contributed by atoms with Gasteiger partial charge in [0, 0.05) is 5.56 Å². The molecule has 21 heavy (non-hydrogen) atoms. The molecule has 2 saturated carbocycles. The molecule has 5 atom stereocenters. The van der Waals surface area contributed by atoms with E-state index in [1.54, 1.807) is 0 Å². The maximum absolute atomic E-state index is 10.4. The van der Waals surface area contributed by atoms with E-state index in [-0.39, 0.29) is 11.5 Å². The zero-order valence-corrected chi connectivity index (χ0v) is 13.1. The van der Waals surface area contributed by atoms with Crippen molar-refractivity contribution in [2.45, 2.75) is 64.4 Å². The Morgan fingerprint density at radius 1 is 1.14 bits per heavy atom. The first-order chi connectivity index (χ1) is 10.0. The highest BCUT2D eigenvalue weighted by Crippen LogP contribution is 2.61. The Labute approximate surface area is 127 Å². The van der Waals surface area contributed by atoms with Crippen molar-refractivity contribution in [3.8, 4) is 5.75 Å². The molecule has 3 aliphatic rings. The molecule has 0 heterocycles. The fourth-order valence-corrected chi connectivity index (χ4v) is 5.84. The van der Waals surface area contributed by atoms with Gasteiger partial charge in [-0.25, -0.2) is 0 Å². The van der Waals surface area contributed by atoms with Crippen LogP contribution in [-0.4, -0.2) is 16.3 Å². The van der Waals surface area contributed by atoms with Crippen molar-refractivity contribution < 1.29 is 10.2 Å². The van der Waals surface area contributed by atoms with Crippen LogP contribution in [0.5, 0.6) is 5.75 Å². The second kappa shape index (κ2) is 4.49. The lowest BCUT2D eigenvalue weighted by Crippen LogP contribution is -2.44. The molecule has 2 heteroatoms. The first-order valence-corrected chi connectivity index (χ1v) is 8.52. The van der Waals surface area contributed by atoms with Gasteiger partial charge in [-0.05, 0) is 85.8 Å². The summed E-state index contributed by atoms with van der Waals surface area (Å²) in [6.45, 7) is 4.47. The molecular formula is C19H26O2. The van der Waals surface area contributed by atoms with Crippen LogP contribution < -0.4 is 0 Å². The topological polar surface area (TPSA) is 40.5 Å². The van der Waals surface area contributed by atoms with Crippen LogP contribution in [0.15, 0.2) is 12.1 Å². The van der Waals surface area contributed by atoms with Crippen LogP contribution in [0.1, 0.15) is 61.6 Å². The predicted molar refractivity (Wildman–Crippen MR) is 83.5 cm³/mol. The molecule has 3 aliphatic carbocycles. The number of aromatic hydroxyl groups is 1. The Morgan fingerprint density at radius 3 is 2.76 bits per heavy atom. The Balaban J connectivity index is 1.77. The maximum atomic E-state index is 10.4. The molecule has 0 aromatic heterocycles. The lowest BCUT2D eigenvalue weighted by atomic mass is 9.55. The van der Waals surface area contributed by atoms with Crippen LogP contribution in [0.25, 0.3) is 0 Å². The standard InChI is InChI=1S/C19H26O2/c1-11-3-7-16(20)18-12(11)4-5-13-14(18)9-10-19(2)15(13)6-8-17(19)21/h3,7,13-15,17,20-21H,4-6,8-10H2,1-2H3/t13-,14+,15+,17?,19+/m1/s1. The second-order valence-corrected chi connectivity index (χ2v) is 7.85. The average molecular weight is 286 g/mol. The highest BCUT2D eigenvalue weighted by molar-refractivity contribution is 5.48. The molecule has 0 aliphatic heterocycles. The van der Waals surface area contributed by atoms with Crippen molar-refractivity contribution in [2.24, 2.45) is 17.3 Å². The molecule has 0 spiro atoms. The molecular weight excluding hydrogens is 260 g/mol. The average Bonchev–Trinajstić information content (AvgIpc) is 2.78. The lowest BCUT2D eigenvalue weighted by molar-refractivity contribution is -0.0229. The van der Waals surface area contributed by atoms with E-state index in [9.17, 15) is 10.2 Å². The zero-order chi connectivity index (χ0) is 14.8. The quantitative estimate of drug-likeness (QED) is 0.759. The molecule has 0 saturated heterocycles. The van der Waals surface area contributed by atoms with Crippen LogP contribution >= 0.6 is 0 Å². The van der Waals surface area contributed by atoms with Gasteiger partial charge >= 0.3 is 0 Å². The van der Waals surface area contributed by atoms with Gasteiger partial charge in [-0.3, -0.25) is 0 Å². The number of phenols is 1. The molecule has 1 aromatic rings. The summed E-state index contributed by atoms with van der Waals surface area (Å²) in [6.07, 6.45) is 6.58. The van der Waals surface area contributed by atoms with Crippen LogP contribution in [0.4, 0.5) is 0 Å². The van der Waals surface area contributed by atoms with E-state index in [0.29, 0.717) is 23.5 Å². The number of hydrogen-bond donors (Lipinski definition) is 2. The minimum Gasteiger partial charge on any atom is -0.508 e. The van der Waals surface area contributed by atoms with Crippen LogP contribution in [0, 0.1) is 24.2 Å². The van der Waals surface area contributed by atoms with Crippen molar-refractivity contribution >= 4 is 0 Å². The first kappa shape index (κ1) is 13.6. The zero-order valence-electron chi connectivity index (χ0n) is 13.1. The van der Waals surface area contributed by atoms with E-state index < -0.39 is 0 Å². The molecule has 2 nitrogen and oxygen atoms in total. The molecule has 2 fully saturated rings. The largest absolute Gasteiger partial charge is 0.508 e. The van der Waals surface area contributed by atoms with Crippen LogP contribution in [0.2, 0.25) is 0 Å². The number of phenolic OH excluding ortho intramolecular Hbond substituents is 1. The van der Waals surface area contributed by atoms with Gasteiger partial charge in [-0.15, -0.1) is 0 Å². The maximum Gasteiger partial charge on any atom is 0.119 e. The summed E-state index contributed by atoms with van der Waals surface area (Å²) in [5.74, 6) is 2.31. The smallest absolute Gasteiger partial charge is 0.119 e. The Hall–Kier alpha value is -1.02. The van der Waals surface area contributed by atoms with E-state index >= 15 is 0 Å². The summed E-state index contributed by atoms with van der Waals surface area (Å²) < 4.78 is 0. The Kier molecular flexibility index (Phi) is 2.91. The number of fused-ring (bicyclic) bond motifs is 5. The summed E-state index contributed by atoms with van der Waals surface area (Å²) in [6, 6.07) is 3.94. The third kappa shape index (κ3) is 1.75. The van der Waals surface area contributed by atoms with Gasteiger partial charge in [0.2, 0.25) is 0 Å². The Morgan fingerprint density at radius 2 is 1.95 bits per heavy atom. The molecule has 114 valence electrons. The van der Waals surface area contributed by atoms with Crippen molar-refractivity contribution in [1.82, 2.24) is 0 Å². The predicted octanol–water partition coefficient (Wildman–Crippen LogP) is 3.92. The molecule has 0 amide bonds. The highest BCUT2D eigenvalue weighted by Gasteiger charge is 2.54. The second-order valence-electron chi connectivity index (χ2n) is 7.85. The molecule has 1 unspecified atom stereocenters. The fourth-order valence-electron chi connectivity index (χ4n) is 5.84. The van der Waals surface area contributed by atoms with E-state index in [1.807, 2.05) is 6.07 Å². The fraction of sp³-hybridized carbons (Fsp3) is 0.684. The minimum atomic E-state index is -0.115. The first-order valence-electron chi connectivity index (χ1n) is 8.52. The number of hydrogen-bond acceptors (Lipinski definition) is 2. The minimum absolute atomic E-state index is 0.115. The van der Waals surface area contributed by atoms with Gasteiger partial charge in [0.25, 0.3) is 0 Å². The van der Waals surface area contributed by atoms with Gasteiger partial charge in [0.05, 0.1) is 6.10 Å². The summed E-state index contributed by atoms with van der Waals surface area (Å²) in [7, 11) is 0. The summed E-state index contributed by atoms with van der Waals surface area (Å²) in [5, 5.41) is 20.8. The van der Waals surface area contributed by atoms with Crippen LogP contribution in [0.3, 0.4) is 0 Å². The van der Waals surface area contributed by atoms with Crippen molar-refractivity contribution in [2.75, 3.05) is 0 Å². The third-order valence-electron chi connectivity index (χ3n) is 7.05. The van der Waals surface area contributed by atoms with Gasteiger partial charge < -0.3 is 10.2 Å². The number of rotatable bonds is 0. The highest BCUT2D eigenvalue weighted by atomic mass is 16.3. The van der Waals surface area contributed by atoms with Gasteiger partial charge in [0.1, 0.15) is 5.75 Å². The SMILES string of the molecule is Cc1ccc(O)c2c1CC[C@@H]1[C@@H]2CC[C@]2(C)C(O)CC[C@@H]12. The summed E-state index contributed by atoms with van der Waals surface area (Å²) >= 11 is 0. The van der Waals surface area contributed by atoms with E-state index in [1.165, 1.54) is 29.5 Å². The van der Waals surface area contributed by atoms with E-state index in [4.69, 9.17) is 0 Å². The molecule has 1 aromatic carbocycles. The number of aryl methyl sites for hydroxylation is 1. The van der Waals surface area contributed by atoms with Gasteiger partial charge in [-0.2, -0.15) is 0 Å².